The maximum absolute atomic E-state index is 11.6. The Hall–Kier alpha value is -0.690. The minimum absolute atomic E-state index is 0.116. The molecule has 0 bridgehead atoms. The van der Waals surface area contributed by atoms with E-state index in [-0.39, 0.29) is 18.4 Å². The highest BCUT2D eigenvalue weighted by atomic mass is 16.7. The van der Waals surface area contributed by atoms with Crippen LogP contribution in [0.4, 0.5) is 0 Å². The van der Waals surface area contributed by atoms with Gasteiger partial charge in [0, 0.05) is 20.1 Å². The van der Waals surface area contributed by atoms with Crippen molar-refractivity contribution in [3.8, 4) is 0 Å². The van der Waals surface area contributed by atoms with Gasteiger partial charge in [0.05, 0.1) is 19.3 Å². The minimum Gasteiger partial charge on any atom is -0.394 e. The lowest BCUT2D eigenvalue weighted by molar-refractivity contribution is -0.130. The molecule has 102 valence electrons. The third-order valence-electron chi connectivity index (χ3n) is 2.56. The summed E-state index contributed by atoms with van der Waals surface area (Å²) in [5.74, 6) is -0.334. The van der Waals surface area contributed by atoms with Crippen LogP contribution in [-0.2, 0) is 14.3 Å². The van der Waals surface area contributed by atoms with Crippen molar-refractivity contribution in [3.63, 3.8) is 0 Å². The van der Waals surface area contributed by atoms with Crippen LogP contribution in [0.3, 0.4) is 0 Å². The molecular formula is C11H23NO5. The molecule has 0 aliphatic rings. The Bertz CT molecular complexity index is 208. The highest BCUT2D eigenvalue weighted by Gasteiger charge is 2.16. The van der Waals surface area contributed by atoms with Crippen LogP contribution in [0, 0.1) is 5.92 Å². The highest BCUT2D eigenvalue weighted by molar-refractivity contribution is 5.78. The van der Waals surface area contributed by atoms with Gasteiger partial charge in [-0.15, -0.1) is 0 Å². The van der Waals surface area contributed by atoms with Crippen LogP contribution in [0.15, 0.2) is 0 Å². The molecule has 0 spiro atoms. The van der Waals surface area contributed by atoms with Gasteiger partial charge in [-0.3, -0.25) is 4.79 Å². The lowest BCUT2D eigenvalue weighted by atomic mass is 10.0. The normalized spacial score (nSPS) is 14.7. The number of hydrogen-bond acceptors (Lipinski definition) is 5. The van der Waals surface area contributed by atoms with Gasteiger partial charge in [0.1, 0.15) is 0 Å². The molecule has 0 saturated carbocycles. The van der Waals surface area contributed by atoms with E-state index in [9.17, 15) is 4.79 Å². The zero-order chi connectivity index (χ0) is 13.3. The van der Waals surface area contributed by atoms with Crippen molar-refractivity contribution in [1.29, 1.82) is 0 Å². The molecule has 0 aliphatic heterocycles. The number of hydrogen-bond donors (Lipinski definition) is 3. The monoisotopic (exact) mass is 249 g/mol. The molecule has 2 atom stereocenters. The molecule has 0 aromatic carbocycles. The third-order valence-corrected chi connectivity index (χ3v) is 2.56. The average Bonchev–Trinajstić information content (AvgIpc) is 2.36. The molecule has 0 heterocycles. The summed E-state index contributed by atoms with van der Waals surface area (Å²) in [5.41, 5.74) is 0. The fraction of sp³-hybridized carbons (Fsp3) is 0.909. The van der Waals surface area contributed by atoms with Crippen LogP contribution in [0.25, 0.3) is 0 Å². The van der Waals surface area contributed by atoms with Crippen molar-refractivity contribution >= 4 is 5.91 Å². The molecule has 0 fully saturated rings. The van der Waals surface area contributed by atoms with Crippen molar-refractivity contribution in [2.24, 2.45) is 5.92 Å². The topological polar surface area (TPSA) is 88.0 Å². The van der Waals surface area contributed by atoms with Crippen molar-refractivity contribution < 1.29 is 24.5 Å². The molecule has 0 radical (unpaired) electrons. The molecule has 0 aromatic rings. The Morgan fingerprint density at radius 1 is 1.29 bits per heavy atom. The van der Waals surface area contributed by atoms with E-state index in [1.54, 1.807) is 6.92 Å². The van der Waals surface area contributed by atoms with Crippen LogP contribution in [0.5, 0.6) is 0 Å². The summed E-state index contributed by atoms with van der Waals surface area (Å²) in [5, 5.41) is 20.5. The molecule has 1 amide bonds. The summed E-state index contributed by atoms with van der Waals surface area (Å²) in [7, 11) is 3.00. The fourth-order valence-electron chi connectivity index (χ4n) is 1.29. The predicted octanol–water partition coefficient (Wildman–Crippen LogP) is -0.509. The van der Waals surface area contributed by atoms with Gasteiger partial charge >= 0.3 is 0 Å². The van der Waals surface area contributed by atoms with Crippen molar-refractivity contribution in [3.05, 3.63) is 0 Å². The maximum Gasteiger partial charge on any atom is 0.223 e. The molecule has 6 heteroatoms. The number of methoxy groups -OCH3 is 2. The SMILES string of the molecule is COC(CNC(=O)C(C)CC[C@H](O)CO)OC. The highest BCUT2D eigenvalue weighted by Crippen LogP contribution is 2.08. The fourth-order valence-corrected chi connectivity index (χ4v) is 1.29. The van der Waals surface area contributed by atoms with E-state index in [4.69, 9.17) is 19.7 Å². The molecule has 17 heavy (non-hydrogen) atoms. The van der Waals surface area contributed by atoms with Crippen LogP contribution < -0.4 is 5.32 Å². The minimum atomic E-state index is -0.754. The van der Waals surface area contributed by atoms with E-state index in [2.05, 4.69) is 5.32 Å². The van der Waals surface area contributed by atoms with E-state index in [0.717, 1.165) is 0 Å². The largest absolute Gasteiger partial charge is 0.394 e. The van der Waals surface area contributed by atoms with Gasteiger partial charge in [0.2, 0.25) is 5.91 Å². The molecule has 0 aromatic heterocycles. The second kappa shape index (κ2) is 9.35. The Labute approximate surface area is 102 Å². The molecule has 0 rings (SSSR count). The Kier molecular flexibility index (Phi) is 8.97. The van der Waals surface area contributed by atoms with E-state index in [1.165, 1.54) is 14.2 Å². The van der Waals surface area contributed by atoms with Crippen molar-refractivity contribution in [2.45, 2.75) is 32.2 Å². The van der Waals surface area contributed by atoms with Gasteiger partial charge in [-0.05, 0) is 12.8 Å². The average molecular weight is 249 g/mol. The number of ether oxygens (including phenoxy) is 2. The number of aliphatic hydroxyl groups is 2. The second-order valence-electron chi connectivity index (χ2n) is 3.96. The lowest BCUT2D eigenvalue weighted by Crippen LogP contribution is -2.37. The summed E-state index contributed by atoms with van der Waals surface area (Å²) < 4.78 is 9.87. The molecule has 1 unspecified atom stereocenters. The van der Waals surface area contributed by atoms with E-state index in [1.807, 2.05) is 0 Å². The van der Waals surface area contributed by atoms with Crippen LogP contribution in [0.2, 0.25) is 0 Å². The van der Waals surface area contributed by atoms with Gasteiger partial charge in [-0.1, -0.05) is 6.92 Å². The summed E-state index contributed by atoms with van der Waals surface area (Å²) in [6, 6.07) is 0. The molecule has 3 N–H and O–H groups in total. The maximum atomic E-state index is 11.6. The number of aliphatic hydroxyl groups excluding tert-OH is 2. The predicted molar refractivity (Wildman–Crippen MR) is 62.3 cm³/mol. The Balaban J connectivity index is 3.81. The molecule has 0 saturated heterocycles. The number of carbonyl (C=O) groups excluding carboxylic acids is 1. The number of amides is 1. The van der Waals surface area contributed by atoms with Crippen molar-refractivity contribution in [1.82, 2.24) is 5.32 Å². The smallest absolute Gasteiger partial charge is 0.223 e. The first kappa shape index (κ1) is 16.3. The van der Waals surface area contributed by atoms with E-state index >= 15 is 0 Å². The van der Waals surface area contributed by atoms with E-state index in [0.29, 0.717) is 19.4 Å². The van der Waals surface area contributed by atoms with E-state index < -0.39 is 12.4 Å². The van der Waals surface area contributed by atoms with Crippen LogP contribution in [0.1, 0.15) is 19.8 Å². The Morgan fingerprint density at radius 3 is 2.35 bits per heavy atom. The summed E-state index contributed by atoms with van der Waals surface area (Å²) in [4.78, 5) is 11.6. The van der Waals surface area contributed by atoms with Gasteiger partial charge in [-0.2, -0.15) is 0 Å². The first-order chi connectivity index (χ1) is 8.04. The first-order valence-corrected chi connectivity index (χ1v) is 5.67. The zero-order valence-corrected chi connectivity index (χ0v) is 10.7. The number of rotatable bonds is 9. The summed E-state index contributed by atoms with van der Waals surface area (Å²) in [6.07, 6.45) is -0.272. The van der Waals surface area contributed by atoms with Crippen LogP contribution >= 0.6 is 0 Å². The lowest BCUT2D eigenvalue weighted by Gasteiger charge is -2.17. The number of nitrogens with one attached hydrogen (secondary N) is 1. The number of carbonyl (C=O) groups is 1. The van der Waals surface area contributed by atoms with Crippen molar-refractivity contribution in [2.75, 3.05) is 27.4 Å². The van der Waals surface area contributed by atoms with Gasteiger partial charge in [0.25, 0.3) is 0 Å². The molecule has 6 nitrogen and oxygen atoms in total. The quantitative estimate of drug-likeness (QED) is 0.479. The Morgan fingerprint density at radius 2 is 1.88 bits per heavy atom. The van der Waals surface area contributed by atoms with Gasteiger partial charge in [-0.25, -0.2) is 0 Å². The molecule has 0 aliphatic carbocycles. The van der Waals surface area contributed by atoms with Gasteiger partial charge in [0.15, 0.2) is 6.29 Å². The summed E-state index contributed by atoms with van der Waals surface area (Å²) in [6.45, 7) is 1.79. The third kappa shape index (κ3) is 7.27. The van der Waals surface area contributed by atoms with Gasteiger partial charge < -0.3 is 25.0 Å². The van der Waals surface area contributed by atoms with Crippen LogP contribution in [-0.4, -0.2) is 55.9 Å². The first-order valence-electron chi connectivity index (χ1n) is 5.67. The zero-order valence-electron chi connectivity index (χ0n) is 10.7. The second-order valence-corrected chi connectivity index (χ2v) is 3.96. The summed E-state index contributed by atoms with van der Waals surface area (Å²) >= 11 is 0. The molecular weight excluding hydrogens is 226 g/mol. The standard InChI is InChI=1S/C11H23NO5/c1-8(4-5-9(14)7-13)11(15)12-6-10(16-2)17-3/h8-10,13-14H,4-7H2,1-3H3,(H,12,15)/t8?,9-/m0/s1.